The predicted molar refractivity (Wildman–Crippen MR) is 91.5 cm³/mol. The average molecular weight is 317 g/mol. The van der Waals surface area contributed by atoms with Gasteiger partial charge in [-0.1, -0.05) is 26.2 Å². The number of carbonyl (C=O) groups is 1. The number of likely N-dealkylation sites (tertiary alicyclic amines) is 1. The number of thiophene rings is 1. The molecule has 1 aromatic heterocycles. The van der Waals surface area contributed by atoms with Crippen molar-refractivity contribution in [1.29, 1.82) is 0 Å². The zero-order valence-corrected chi connectivity index (χ0v) is 14.5. The summed E-state index contributed by atoms with van der Waals surface area (Å²) in [5.74, 6) is 2.79. The second-order valence-electron chi connectivity index (χ2n) is 7.74. The normalized spacial score (nSPS) is 31.5. The molecule has 3 heteroatoms. The lowest BCUT2D eigenvalue weighted by Gasteiger charge is -2.41. The highest BCUT2D eigenvalue weighted by atomic mass is 32.1. The minimum atomic E-state index is 0.330. The van der Waals surface area contributed by atoms with Crippen molar-refractivity contribution in [3.63, 3.8) is 0 Å². The molecule has 0 spiro atoms. The number of hydrogen-bond acceptors (Lipinski definition) is 2. The second kappa shape index (κ2) is 5.99. The Kier molecular flexibility index (Phi) is 4.02. The van der Waals surface area contributed by atoms with Gasteiger partial charge in [-0.25, -0.2) is 0 Å². The summed E-state index contributed by atoms with van der Waals surface area (Å²) in [5.41, 5.74) is 2.43. The SMILES string of the molecule is CC1CCc2c(C(=O)N3CCC4CCCCC4C3)csc2C1. The molecule has 1 saturated carbocycles. The van der Waals surface area contributed by atoms with Crippen molar-refractivity contribution in [2.45, 2.75) is 58.3 Å². The summed E-state index contributed by atoms with van der Waals surface area (Å²) >= 11 is 1.82. The quantitative estimate of drug-likeness (QED) is 0.745. The summed E-state index contributed by atoms with van der Waals surface area (Å²) in [7, 11) is 0. The summed E-state index contributed by atoms with van der Waals surface area (Å²) in [4.78, 5) is 16.7. The van der Waals surface area contributed by atoms with Gasteiger partial charge in [-0.2, -0.15) is 0 Å². The molecule has 4 rings (SSSR count). The first-order valence-electron chi connectivity index (χ1n) is 9.11. The van der Waals surface area contributed by atoms with Crippen LogP contribution >= 0.6 is 11.3 Å². The van der Waals surface area contributed by atoms with Crippen molar-refractivity contribution < 1.29 is 4.79 Å². The van der Waals surface area contributed by atoms with Crippen LogP contribution in [0.15, 0.2) is 5.38 Å². The van der Waals surface area contributed by atoms with Gasteiger partial charge < -0.3 is 4.90 Å². The van der Waals surface area contributed by atoms with Gasteiger partial charge in [0.05, 0.1) is 5.56 Å². The lowest BCUT2D eigenvalue weighted by Crippen LogP contribution is -2.44. The summed E-state index contributed by atoms with van der Waals surface area (Å²) in [6.07, 6.45) is 10.3. The molecule has 0 aromatic carbocycles. The van der Waals surface area contributed by atoms with E-state index in [4.69, 9.17) is 0 Å². The van der Waals surface area contributed by atoms with Crippen LogP contribution in [0.25, 0.3) is 0 Å². The van der Waals surface area contributed by atoms with E-state index in [-0.39, 0.29) is 0 Å². The maximum Gasteiger partial charge on any atom is 0.254 e. The number of fused-ring (bicyclic) bond motifs is 2. The van der Waals surface area contributed by atoms with E-state index >= 15 is 0 Å². The summed E-state index contributed by atoms with van der Waals surface area (Å²) in [5, 5.41) is 2.15. The highest BCUT2D eigenvalue weighted by molar-refractivity contribution is 7.10. The minimum Gasteiger partial charge on any atom is -0.338 e. The molecule has 0 N–H and O–H groups in total. The number of nitrogens with zero attached hydrogens (tertiary/aromatic N) is 1. The molecule has 1 saturated heterocycles. The Balaban J connectivity index is 1.50. The molecule has 1 aromatic rings. The van der Waals surface area contributed by atoms with Crippen molar-refractivity contribution in [3.05, 3.63) is 21.4 Å². The van der Waals surface area contributed by atoms with E-state index in [0.29, 0.717) is 5.91 Å². The molecular formula is C19H27NOS. The van der Waals surface area contributed by atoms with Crippen molar-refractivity contribution in [2.24, 2.45) is 17.8 Å². The van der Waals surface area contributed by atoms with Crippen molar-refractivity contribution >= 4 is 17.2 Å². The van der Waals surface area contributed by atoms with Crippen LogP contribution in [-0.2, 0) is 12.8 Å². The lowest BCUT2D eigenvalue weighted by atomic mass is 9.75. The molecule has 2 aliphatic carbocycles. The number of carbonyl (C=O) groups excluding carboxylic acids is 1. The molecule has 3 atom stereocenters. The fourth-order valence-corrected chi connectivity index (χ4v) is 6.05. The summed E-state index contributed by atoms with van der Waals surface area (Å²) in [6.45, 7) is 4.34. The molecular weight excluding hydrogens is 290 g/mol. The van der Waals surface area contributed by atoms with Crippen LogP contribution in [0.5, 0.6) is 0 Å². The van der Waals surface area contributed by atoms with E-state index in [1.165, 1.54) is 55.4 Å². The molecule has 0 bridgehead atoms. The number of amides is 1. The van der Waals surface area contributed by atoms with Crippen molar-refractivity contribution in [2.75, 3.05) is 13.1 Å². The first-order chi connectivity index (χ1) is 10.7. The van der Waals surface area contributed by atoms with Gasteiger partial charge in [-0.3, -0.25) is 4.79 Å². The lowest BCUT2D eigenvalue weighted by molar-refractivity contribution is 0.0520. The Morgan fingerprint density at radius 3 is 2.86 bits per heavy atom. The first-order valence-corrected chi connectivity index (χ1v) is 9.99. The molecule has 2 nitrogen and oxygen atoms in total. The largest absolute Gasteiger partial charge is 0.338 e. The third-order valence-corrected chi connectivity index (χ3v) is 7.26. The molecule has 22 heavy (non-hydrogen) atoms. The summed E-state index contributed by atoms with van der Waals surface area (Å²) < 4.78 is 0. The third-order valence-electron chi connectivity index (χ3n) is 6.21. The number of piperidine rings is 1. The monoisotopic (exact) mass is 317 g/mol. The molecule has 2 fully saturated rings. The van der Waals surface area contributed by atoms with E-state index in [2.05, 4.69) is 17.2 Å². The molecule has 120 valence electrons. The van der Waals surface area contributed by atoms with Gasteiger partial charge in [-0.15, -0.1) is 11.3 Å². The molecule has 2 heterocycles. The van der Waals surface area contributed by atoms with Crippen molar-refractivity contribution in [1.82, 2.24) is 4.90 Å². The van der Waals surface area contributed by atoms with Gasteiger partial charge in [-0.05, 0) is 55.4 Å². The Bertz CT molecular complexity index is 564. The van der Waals surface area contributed by atoms with E-state index in [9.17, 15) is 4.79 Å². The summed E-state index contributed by atoms with van der Waals surface area (Å²) in [6, 6.07) is 0. The molecule has 3 unspecified atom stereocenters. The third kappa shape index (κ3) is 2.62. The van der Waals surface area contributed by atoms with Gasteiger partial charge in [0.2, 0.25) is 0 Å². The topological polar surface area (TPSA) is 20.3 Å². The zero-order chi connectivity index (χ0) is 15.1. The van der Waals surface area contributed by atoms with E-state index < -0.39 is 0 Å². The zero-order valence-electron chi connectivity index (χ0n) is 13.6. The van der Waals surface area contributed by atoms with E-state index in [1.807, 2.05) is 11.3 Å². The van der Waals surface area contributed by atoms with Gasteiger partial charge >= 0.3 is 0 Å². The van der Waals surface area contributed by atoms with Crippen LogP contribution in [0.4, 0.5) is 0 Å². The Morgan fingerprint density at radius 2 is 2.00 bits per heavy atom. The fraction of sp³-hybridized carbons (Fsp3) is 0.737. The van der Waals surface area contributed by atoms with Crippen LogP contribution < -0.4 is 0 Å². The highest BCUT2D eigenvalue weighted by Crippen LogP contribution is 2.38. The van der Waals surface area contributed by atoms with Crippen LogP contribution in [0.2, 0.25) is 0 Å². The van der Waals surface area contributed by atoms with Gasteiger partial charge in [0.15, 0.2) is 0 Å². The number of rotatable bonds is 1. The van der Waals surface area contributed by atoms with Gasteiger partial charge in [0.25, 0.3) is 5.91 Å². The molecule has 3 aliphatic rings. The number of hydrogen-bond donors (Lipinski definition) is 0. The Hall–Kier alpha value is -0.830. The average Bonchev–Trinajstić information content (AvgIpc) is 2.96. The molecule has 0 radical (unpaired) electrons. The van der Waals surface area contributed by atoms with Crippen LogP contribution in [0, 0.1) is 17.8 Å². The highest BCUT2D eigenvalue weighted by Gasteiger charge is 2.34. The van der Waals surface area contributed by atoms with Crippen molar-refractivity contribution in [3.8, 4) is 0 Å². The second-order valence-corrected chi connectivity index (χ2v) is 8.71. The van der Waals surface area contributed by atoms with Gasteiger partial charge in [0.1, 0.15) is 0 Å². The first kappa shape index (κ1) is 14.7. The van der Waals surface area contributed by atoms with Crippen LogP contribution in [-0.4, -0.2) is 23.9 Å². The van der Waals surface area contributed by atoms with Crippen LogP contribution in [0.3, 0.4) is 0 Å². The van der Waals surface area contributed by atoms with Gasteiger partial charge in [0, 0.05) is 23.3 Å². The standard InChI is InChI=1S/C19H27NOS/c1-13-6-7-16-17(12-22-18(16)10-13)19(21)20-9-8-14-4-2-3-5-15(14)11-20/h12-15H,2-11H2,1H3. The maximum atomic E-state index is 13.0. The Morgan fingerprint density at radius 1 is 1.18 bits per heavy atom. The maximum absolute atomic E-state index is 13.0. The van der Waals surface area contributed by atoms with Crippen LogP contribution in [0.1, 0.15) is 66.2 Å². The minimum absolute atomic E-state index is 0.330. The molecule has 1 aliphatic heterocycles. The smallest absolute Gasteiger partial charge is 0.254 e. The predicted octanol–water partition coefficient (Wildman–Crippen LogP) is 4.53. The van der Waals surface area contributed by atoms with E-state index in [0.717, 1.165) is 42.8 Å². The Labute approximate surface area is 137 Å². The fourth-order valence-electron chi connectivity index (χ4n) is 4.81. The van der Waals surface area contributed by atoms with E-state index in [1.54, 1.807) is 0 Å². The molecule has 1 amide bonds.